The number of rotatable bonds is 8. The van der Waals surface area contributed by atoms with E-state index in [1.807, 2.05) is 14.1 Å². The molecule has 0 fully saturated rings. The maximum Gasteiger partial charge on any atom is 0.303 e. The number of aliphatic carboxylic acids is 1. The molecule has 106 valence electrons. The van der Waals surface area contributed by atoms with Crippen molar-refractivity contribution in [2.24, 2.45) is 11.8 Å². The molecule has 0 bridgehead atoms. The fourth-order valence-electron chi connectivity index (χ4n) is 1.99. The molecule has 0 aliphatic heterocycles. The average molecular weight is 258 g/mol. The molecule has 18 heavy (non-hydrogen) atoms. The van der Waals surface area contributed by atoms with Crippen LogP contribution in [0.3, 0.4) is 0 Å². The molecule has 0 aromatic heterocycles. The van der Waals surface area contributed by atoms with Gasteiger partial charge < -0.3 is 15.3 Å². The van der Waals surface area contributed by atoms with Gasteiger partial charge in [-0.2, -0.15) is 0 Å². The Balaban J connectivity index is 4.05. The second-order valence-electron chi connectivity index (χ2n) is 5.49. The molecule has 0 saturated carbocycles. The molecule has 1 amide bonds. The predicted molar refractivity (Wildman–Crippen MR) is 71.4 cm³/mol. The van der Waals surface area contributed by atoms with E-state index in [0.29, 0.717) is 18.5 Å². The number of carboxylic acid groups (broad SMARTS) is 1. The summed E-state index contributed by atoms with van der Waals surface area (Å²) >= 11 is 0. The van der Waals surface area contributed by atoms with Gasteiger partial charge in [-0.15, -0.1) is 0 Å². The maximum absolute atomic E-state index is 11.7. The fourth-order valence-corrected chi connectivity index (χ4v) is 1.99. The zero-order valence-corrected chi connectivity index (χ0v) is 12.1. The number of carboxylic acids is 1. The molecule has 0 aliphatic carbocycles. The van der Waals surface area contributed by atoms with Crippen molar-refractivity contribution >= 4 is 11.9 Å². The van der Waals surface area contributed by atoms with Crippen molar-refractivity contribution in [2.75, 3.05) is 20.6 Å². The number of hydrogen-bond donors (Lipinski definition) is 2. The van der Waals surface area contributed by atoms with E-state index in [4.69, 9.17) is 5.11 Å². The third kappa shape index (κ3) is 7.27. The highest BCUT2D eigenvalue weighted by Gasteiger charge is 2.18. The van der Waals surface area contributed by atoms with E-state index in [1.165, 1.54) is 0 Å². The van der Waals surface area contributed by atoms with Gasteiger partial charge in [-0.3, -0.25) is 9.59 Å². The van der Waals surface area contributed by atoms with Gasteiger partial charge >= 0.3 is 5.97 Å². The molecule has 0 rings (SSSR count). The van der Waals surface area contributed by atoms with Crippen LogP contribution in [-0.4, -0.2) is 48.6 Å². The van der Waals surface area contributed by atoms with E-state index >= 15 is 0 Å². The van der Waals surface area contributed by atoms with Crippen molar-refractivity contribution in [1.82, 2.24) is 10.2 Å². The van der Waals surface area contributed by atoms with Gasteiger partial charge in [-0.1, -0.05) is 20.8 Å². The third-order valence-electron chi connectivity index (χ3n) is 3.00. The molecule has 5 nitrogen and oxygen atoms in total. The van der Waals surface area contributed by atoms with Crippen LogP contribution >= 0.6 is 0 Å². The van der Waals surface area contributed by atoms with E-state index in [-0.39, 0.29) is 24.7 Å². The lowest BCUT2D eigenvalue weighted by atomic mass is 10.0. The van der Waals surface area contributed by atoms with Crippen LogP contribution in [0.4, 0.5) is 0 Å². The van der Waals surface area contributed by atoms with Gasteiger partial charge in [0.15, 0.2) is 0 Å². The number of nitrogens with zero attached hydrogens (tertiary/aromatic N) is 1. The summed E-state index contributed by atoms with van der Waals surface area (Å²) in [7, 11) is 3.98. The molecular formula is C13H26N2O3. The minimum atomic E-state index is -0.858. The Hall–Kier alpha value is -1.10. The maximum atomic E-state index is 11.7. The first-order valence-corrected chi connectivity index (χ1v) is 6.39. The summed E-state index contributed by atoms with van der Waals surface area (Å²) in [6.07, 6.45) is 0.305. The first-order chi connectivity index (χ1) is 8.23. The van der Waals surface area contributed by atoms with Crippen LogP contribution < -0.4 is 5.32 Å². The van der Waals surface area contributed by atoms with Gasteiger partial charge in [-0.25, -0.2) is 0 Å². The zero-order chi connectivity index (χ0) is 14.3. The number of hydrogen-bond acceptors (Lipinski definition) is 3. The number of likely N-dealkylation sites (N-methyl/N-ethyl adjacent to an activating group) is 1. The second kappa shape index (κ2) is 8.08. The van der Waals surface area contributed by atoms with Crippen molar-refractivity contribution in [3.8, 4) is 0 Å². The second-order valence-corrected chi connectivity index (χ2v) is 5.49. The SMILES string of the molecule is CC(CC(=O)O)CC(=O)NCC(C(C)C)N(C)C. The molecule has 0 aliphatic rings. The highest BCUT2D eigenvalue weighted by molar-refractivity contribution is 5.77. The topological polar surface area (TPSA) is 69.6 Å². The Morgan fingerprint density at radius 2 is 1.72 bits per heavy atom. The summed E-state index contributed by atoms with van der Waals surface area (Å²) < 4.78 is 0. The molecule has 0 radical (unpaired) electrons. The third-order valence-corrected chi connectivity index (χ3v) is 3.00. The normalized spacial score (nSPS) is 14.6. The van der Waals surface area contributed by atoms with E-state index in [2.05, 4.69) is 24.1 Å². The molecule has 0 spiro atoms. The molecule has 0 aromatic carbocycles. The van der Waals surface area contributed by atoms with Crippen molar-refractivity contribution in [3.05, 3.63) is 0 Å². The van der Waals surface area contributed by atoms with Gasteiger partial charge in [-0.05, 0) is 25.9 Å². The molecule has 2 atom stereocenters. The number of carbonyl (C=O) groups is 2. The minimum absolute atomic E-state index is 0.0364. The molecule has 2 N–H and O–H groups in total. The van der Waals surface area contributed by atoms with Gasteiger partial charge in [0.2, 0.25) is 5.91 Å². The summed E-state index contributed by atoms with van der Waals surface area (Å²) in [5.74, 6) is -0.601. The smallest absolute Gasteiger partial charge is 0.303 e. The Bertz CT molecular complexity index is 269. The lowest BCUT2D eigenvalue weighted by Crippen LogP contribution is -2.43. The number of nitrogens with one attached hydrogen (secondary N) is 1. The average Bonchev–Trinajstić information content (AvgIpc) is 2.14. The monoisotopic (exact) mass is 258 g/mol. The van der Waals surface area contributed by atoms with E-state index in [9.17, 15) is 9.59 Å². The van der Waals surface area contributed by atoms with Crippen molar-refractivity contribution < 1.29 is 14.7 Å². The Morgan fingerprint density at radius 1 is 1.17 bits per heavy atom. The summed E-state index contributed by atoms with van der Waals surface area (Å²) in [6.45, 7) is 6.61. The predicted octanol–water partition coefficient (Wildman–Crippen LogP) is 1.19. The van der Waals surface area contributed by atoms with Gasteiger partial charge in [0.05, 0.1) is 0 Å². The molecule has 0 saturated heterocycles. The summed E-state index contributed by atoms with van der Waals surface area (Å²) in [6, 6.07) is 0.295. The first-order valence-electron chi connectivity index (χ1n) is 6.39. The molecule has 5 heteroatoms. The van der Waals surface area contributed by atoms with Crippen LogP contribution in [0.2, 0.25) is 0 Å². The quantitative estimate of drug-likeness (QED) is 0.686. The van der Waals surface area contributed by atoms with Gasteiger partial charge in [0.25, 0.3) is 0 Å². The van der Waals surface area contributed by atoms with Crippen LogP contribution in [0.1, 0.15) is 33.6 Å². The van der Waals surface area contributed by atoms with Gasteiger partial charge in [0, 0.05) is 25.4 Å². The Labute approximate surface area is 110 Å². The fraction of sp³-hybridized carbons (Fsp3) is 0.846. The summed E-state index contributed by atoms with van der Waals surface area (Å²) in [5.41, 5.74) is 0. The highest BCUT2D eigenvalue weighted by atomic mass is 16.4. The van der Waals surface area contributed by atoms with Gasteiger partial charge in [0.1, 0.15) is 0 Å². The van der Waals surface area contributed by atoms with Crippen LogP contribution in [0, 0.1) is 11.8 Å². The lowest BCUT2D eigenvalue weighted by molar-refractivity contribution is -0.138. The summed E-state index contributed by atoms with van der Waals surface area (Å²) in [4.78, 5) is 24.2. The van der Waals surface area contributed by atoms with Crippen LogP contribution in [0.15, 0.2) is 0 Å². The summed E-state index contributed by atoms with van der Waals surface area (Å²) in [5, 5.41) is 11.5. The molecule has 0 aromatic rings. The highest BCUT2D eigenvalue weighted by Crippen LogP contribution is 2.08. The van der Waals surface area contributed by atoms with Crippen LogP contribution in [-0.2, 0) is 9.59 Å². The number of carbonyl (C=O) groups excluding carboxylic acids is 1. The minimum Gasteiger partial charge on any atom is -0.481 e. The zero-order valence-electron chi connectivity index (χ0n) is 12.1. The molecular weight excluding hydrogens is 232 g/mol. The number of amides is 1. The van der Waals surface area contributed by atoms with E-state index < -0.39 is 5.97 Å². The van der Waals surface area contributed by atoms with Crippen molar-refractivity contribution in [2.45, 2.75) is 39.7 Å². The van der Waals surface area contributed by atoms with Crippen LogP contribution in [0.25, 0.3) is 0 Å². The molecule has 2 unspecified atom stereocenters. The van der Waals surface area contributed by atoms with E-state index in [1.54, 1.807) is 6.92 Å². The Kier molecular flexibility index (Phi) is 7.59. The standard InChI is InChI=1S/C13H26N2O3/c1-9(2)11(15(4)5)8-14-12(16)6-10(3)7-13(17)18/h9-11H,6-8H2,1-5H3,(H,14,16)(H,17,18). The largest absolute Gasteiger partial charge is 0.481 e. The van der Waals surface area contributed by atoms with Crippen molar-refractivity contribution in [3.63, 3.8) is 0 Å². The first kappa shape index (κ1) is 16.9. The van der Waals surface area contributed by atoms with E-state index in [0.717, 1.165) is 0 Å². The Morgan fingerprint density at radius 3 is 2.11 bits per heavy atom. The van der Waals surface area contributed by atoms with Crippen molar-refractivity contribution in [1.29, 1.82) is 0 Å². The lowest BCUT2D eigenvalue weighted by Gasteiger charge is -2.28. The van der Waals surface area contributed by atoms with Crippen LogP contribution in [0.5, 0.6) is 0 Å². The molecule has 0 heterocycles.